The quantitative estimate of drug-likeness (QED) is 0.574. The van der Waals surface area contributed by atoms with Gasteiger partial charge in [-0.3, -0.25) is 10.1 Å². The van der Waals surface area contributed by atoms with Gasteiger partial charge in [-0.05, 0) is 44.5 Å². The largest absolute Gasteiger partial charge is 0.508 e. The Hall–Kier alpha value is -2.28. The predicted molar refractivity (Wildman–Crippen MR) is 91.0 cm³/mol. The number of carbonyl (C=O) groups excluding carboxylic acids is 2. The molecule has 1 aromatic rings. The number of hydrogen-bond donors (Lipinski definition) is 3. The van der Waals surface area contributed by atoms with Crippen molar-refractivity contribution in [3.8, 4) is 5.75 Å². The lowest BCUT2D eigenvalue weighted by atomic mass is 9.77. The SMILES string of the molecule is COC(=O)C(N)C(C)(C)c1cc(O)ccc1NC(=O)OC(C)(C)C. The summed E-state index contributed by atoms with van der Waals surface area (Å²) < 4.78 is 9.93. The average molecular weight is 338 g/mol. The zero-order valence-corrected chi connectivity index (χ0v) is 15.0. The number of hydrogen-bond acceptors (Lipinski definition) is 6. The van der Waals surface area contributed by atoms with Crippen LogP contribution in [0, 0.1) is 0 Å². The second kappa shape index (κ2) is 7.09. The Labute approximate surface area is 142 Å². The van der Waals surface area contributed by atoms with Crippen LogP contribution < -0.4 is 11.1 Å². The molecule has 1 atom stereocenters. The summed E-state index contributed by atoms with van der Waals surface area (Å²) in [5, 5.41) is 12.4. The van der Waals surface area contributed by atoms with Gasteiger partial charge < -0.3 is 20.3 Å². The number of nitrogens with one attached hydrogen (secondary N) is 1. The number of amides is 1. The van der Waals surface area contributed by atoms with E-state index in [-0.39, 0.29) is 5.75 Å². The molecule has 0 heterocycles. The normalized spacial score (nSPS) is 13.1. The fourth-order valence-electron chi connectivity index (χ4n) is 2.18. The van der Waals surface area contributed by atoms with E-state index < -0.39 is 29.1 Å². The molecule has 24 heavy (non-hydrogen) atoms. The lowest BCUT2D eigenvalue weighted by Crippen LogP contribution is -2.47. The van der Waals surface area contributed by atoms with Gasteiger partial charge in [-0.2, -0.15) is 0 Å². The number of aromatic hydroxyl groups is 1. The van der Waals surface area contributed by atoms with Crippen molar-refractivity contribution in [3.05, 3.63) is 23.8 Å². The first-order valence-electron chi connectivity index (χ1n) is 7.55. The molecule has 0 saturated carbocycles. The van der Waals surface area contributed by atoms with Crippen molar-refractivity contribution in [1.29, 1.82) is 0 Å². The van der Waals surface area contributed by atoms with Crippen LogP contribution in [-0.4, -0.2) is 35.9 Å². The number of benzene rings is 1. The maximum atomic E-state index is 12.0. The number of methoxy groups -OCH3 is 1. The van der Waals surface area contributed by atoms with Gasteiger partial charge in [0.15, 0.2) is 0 Å². The summed E-state index contributed by atoms with van der Waals surface area (Å²) in [6, 6.07) is 3.43. The zero-order valence-electron chi connectivity index (χ0n) is 15.0. The minimum absolute atomic E-state index is 0.00937. The van der Waals surface area contributed by atoms with Crippen LogP contribution in [0.4, 0.5) is 10.5 Å². The fraction of sp³-hybridized carbons (Fsp3) is 0.529. The molecule has 0 saturated heterocycles. The molecule has 0 aliphatic heterocycles. The molecule has 0 spiro atoms. The van der Waals surface area contributed by atoms with Crippen LogP contribution >= 0.6 is 0 Å². The highest BCUT2D eigenvalue weighted by molar-refractivity contribution is 5.87. The van der Waals surface area contributed by atoms with E-state index in [1.165, 1.54) is 25.3 Å². The van der Waals surface area contributed by atoms with Crippen molar-refractivity contribution < 1.29 is 24.2 Å². The smallest absolute Gasteiger partial charge is 0.412 e. The highest BCUT2D eigenvalue weighted by Crippen LogP contribution is 2.35. The van der Waals surface area contributed by atoms with Gasteiger partial charge in [-0.1, -0.05) is 13.8 Å². The minimum Gasteiger partial charge on any atom is -0.508 e. The fourth-order valence-corrected chi connectivity index (χ4v) is 2.18. The first-order valence-corrected chi connectivity index (χ1v) is 7.55. The van der Waals surface area contributed by atoms with Crippen molar-refractivity contribution in [3.63, 3.8) is 0 Å². The van der Waals surface area contributed by atoms with Crippen molar-refractivity contribution in [1.82, 2.24) is 0 Å². The van der Waals surface area contributed by atoms with E-state index in [9.17, 15) is 14.7 Å². The number of anilines is 1. The van der Waals surface area contributed by atoms with Crippen LogP contribution in [0.2, 0.25) is 0 Å². The number of carbonyl (C=O) groups is 2. The molecule has 0 aromatic heterocycles. The monoisotopic (exact) mass is 338 g/mol. The van der Waals surface area contributed by atoms with Gasteiger partial charge in [-0.25, -0.2) is 4.79 Å². The van der Waals surface area contributed by atoms with Crippen LogP contribution in [0.5, 0.6) is 5.75 Å². The summed E-state index contributed by atoms with van der Waals surface area (Å²) in [6.07, 6.45) is -0.642. The molecule has 1 unspecified atom stereocenters. The van der Waals surface area contributed by atoms with Crippen LogP contribution in [0.1, 0.15) is 40.2 Å². The zero-order chi connectivity index (χ0) is 18.7. The molecule has 7 heteroatoms. The van der Waals surface area contributed by atoms with Crippen LogP contribution in [0.15, 0.2) is 18.2 Å². The number of phenolic OH excluding ortho intramolecular Hbond substituents is 1. The van der Waals surface area contributed by atoms with Gasteiger partial charge >= 0.3 is 12.1 Å². The van der Waals surface area contributed by atoms with E-state index in [0.29, 0.717) is 11.3 Å². The number of phenols is 1. The number of ether oxygens (including phenoxy) is 2. The van der Waals surface area contributed by atoms with Gasteiger partial charge in [0, 0.05) is 11.1 Å². The maximum absolute atomic E-state index is 12.0. The van der Waals surface area contributed by atoms with E-state index >= 15 is 0 Å². The molecule has 4 N–H and O–H groups in total. The Morgan fingerprint density at radius 3 is 2.29 bits per heavy atom. The third-order valence-corrected chi connectivity index (χ3v) is 3.57. The van der Waals surface area contributed by atoms with Gasteiger partial charge in [-0.15, -0.1) is 0 Å². The summed E-state index contributed by atoms with van der Waals surface area (Å²) in [4.78, 5) is 23.8. The summed E-state index contributed by atoms with van der Waals surface area (Å²) in [7, 11) is 1.25. The number of rotatable bonds is 4. The van der Waals surface area contributed by atoms with Crippen molar-refractivity contribution >= 4 is 17.7 Å². The molecule has 1 aromatic carbocycles. The summed E-state index contributed by atoms with van der Waals surface area (Å²) in [5.41, 5.74) is 5.32. The Kier molecular flexibility index (Phi) is 5.84. The van der Waals surface area contributed by atoms with Gasteiger partial charge in [0.2, 0.25) is 0 Å². The van der Waals surface area contributed by atoms with E-state index in [1.807, 2.05) is 0 Å². The Morgan fingerprint density at radius 1 is 1.21 bits per heavy atom. The molecular formula is C17H26N2O5. The standard InChI is InChI=1S/C17H26N2O5/c1-16(2,3)24-15(22)19-12-8-7-10(20)9-11(12)17(4,5)13(18)14(21)23-6/h7-9,13,20H,18H2,1-6H3,(H,19,22). The second-order valence-electron chi connectivity index (χ2n) is 7.08. The van der Waals surface area contributed by atoms with Crippen LogP contribution in [0.25, 0.3) is 0 Å². The predicted octanol–water partition coefficient (Wildman–Crippen LogP) is 2.52. The van der Waals surface area contributed by atoms with Gasteiger partial charge in [0.1, 0.15) is 17.4 Å². The van der Waals surface area contributed by atoms with Gasteiger partial charge in [0.25, 0.3) is 0 Å². The van der Waals surface area contributed by atoms with E-state index in [2.05, 4.69) is 5.32 Å². The maximum Gasteiger partial charge on any atom is 0.412 e. The molecule has 1 rings (SSSR count). The Balaban J connectivity index is 3.21. The highest BCUT2D eigenvalue weighted by atomic mass is 16.6. The second-order valence-corrected chi connectivity index (χ2v) is 7.08. The lowest BCUT2D eigenvalue weighted by Gasteiger charge is -2.32. The first-order chi connectivity index (χ1) is 10.9. The highest BCUT2D eigenvalue weighted by Gasteiger charge is 2.37. The lowest BCUT2D eigenvalue weighted by molar-refractivity contribution is -0.143. The third-order valence-electron chi connectivity index (χ3n) is 3.57. The molecular weight excluding hydrogens is 312 g/mol. The Bertz CT molecular complexity index is 620. The van der Waals surface area contributed by atoms with Gasteiger partial charge in [0.05, 0.1) is 7.11 Å². The topological polar surface area (TPSA) is 111 Å². The molecule has 0 bridgehead atoms. The molecule has 0 fully saturated rings. The summed E-state index contributed by atoms with van der Waals surface area (Å²) in [5.74, 6) is -0.601. The summed E-state index contributed by atoms with van der Waals surface area (Å²) in [6.45, 7) is 8.71. The van der Waals surface area contributed by atoms with Crippen molar-refractivity contribution in [2.45, 2.75) is 51.7 Å². The molecule has 134 valence electrons. The molecule has 0 radical (unpaired) electrons. The first kappa shape index (κ1) is 19.8. The van der Waals surface area contributed by atoms with Crippen LogP contribution in [-0.2, 0) is 19.7 Å². The van der Waals surface area contributed by atoms with E-state index in [0.717, 1.165) is 0 Å². The van der Waals surface area contributed by atoms with Crippen molar-refractivity contribution in [2.75, 3.05) is 12.4 Å². The molecule has 1 amide bonds. The molecule has 7 nitrogen and oxygen atoms in total. The van der Waals surface area contributed by atoms with E-state index in [4.69, 9.17) is 15.2 Å². The van der Waals surface area contributed by atoms with E-state index in [1.54, 1.807) is 34.6 Å². The third kappa shape index (κ3) is 4.86. The number of nitrogens with two attached hydrogens (primary N) is 1. The minimum atomic E-state index is -0.983. The van der Waals surface area contributed by atoms with Crippen molar-refractivity contribution in [2.24, 2.45) is 5.73 Å². The average Bonchev–Trinajstić information content (AvgIpc) is 2.45. The van der Waals surface area contributed by atoms with Crippen LogP contribution in [0.3, 0.4) is 0 Å². The summed E-state index contributed by atoms with van der Waals surface area (Å²) >= 11 is 0. The molecule has 0 aliphatic rings. The molecule has 0 aliphatic carbocycles. The Morgan fingerprint density at radius 2 is 1.79 bits per heavy atom. The number of esters is 1.